The van der Waals surface area contributed by atoms with E-state index in [0.717, 1.165) is 22.8 Å². The quantitative estimate of drug-likeness (QED) is 0.740. The van der Waals surface area contributed by atoms with Gasteiger partial charge in [-0.3, -0.25) is 14.5 Å². The van der Waals surface area contributed by atoms with Crippen LogP contribution in [-0.4, -0.2) is 57.8 Å². The van der Waals surface area contributed by atoms with Crippen LogP contribution in [0, 0.1) is 5.82 Å². The van der Waals surface area contributed by atoms with Crippen LogP contribution >= 0.6 is 0 Å². The first-order valence-corrected chi connectivity index (χ1v) is 11.8. The number of sulfonamides is 1. The van der Waals surface area contributed by atoms with Crippen LogP contribution in [0.3, 0.4) is 0 Å². The molecule has 8 nitrogen and oxygen atoms in total. The molecule has 0 spiro atoms. The van der Waals surface area contributed by atoms with Crippen LogP contribution in [0.25, 0.3) is 0 Å². The van der Waals surface area contributed by atoms with E-state index in [1.165, 1.54) is 49.3 Å². The van der Waals surface area contributed by atoms with Crippen LogP contribution in [0.1, 0.15) is 19.3 Å². The van der Waals surface area contributed by atoms with Crippen LogP contribution in [0.4, 0.5) is 21.5 Å². The van der Waals surface area contributed by atoms with E-state index in [1.807, 2.05) is 4.90 Å². The number of anilines is 3. The van der Waals surface area contributed by atoms with Gasteiger partial charge in [0.05, 0.1) is 16.3 Å². The molecule has 0 unspecified atom stereocenters. The molecule has 0 saturated carbocycles. The van der Waals surface area contributed by atoms with Crippen LogP contribution in [0.2, 0.25) is 0 Å². The van der Waals surface area contributed by atoms with Gasteiger partial charge in [0.15, 0.2) is 0 Å². The number of carbonyl (C=O) groups is 2. The zero-order chi connectivity index (χ0) is 23.0. The van der Waals surface area contributed by atoms with E-state index in [2.05, 4.69) is 5.32 Å². The van der Waals surface area contributed by atoms with Crippen LogP contribution in [-0.2, 0) is 19.6 Å². The fraction of sp³-hybridized carbons (Fsp3) is 0.364. The average Bonchev–Trinajstić information content (AvgIpc) is 2.76. The van der Waals surface area contributed by atoms with Gasteiger partial charge in [-0.25, -0.2) is 17.1 Å². The molecule has 4 rings (SSSR count). The van der Waals surface area contributed by atoms with Crippen molar-refractivity contribution in [3.8, 4) is 0 Å². The zero-order valence-corrected chi connectivity index (χ0v) is 18.7. The van der Waals surface area contributed by atoms with Gasteiger partial charge in [0, 0.05) is 26.3 Å². The van der Waals surface area contributed by atoms with Gasteiger partial charge < -0.3 is 10.2 Å². The molecule has 0 aromatic heterocycles. The molecule has 10 heteroatoms. The minimum atomic E-state index is -3.73. The lowest BCUT2D eigenvalue weighted by Crippen LogP contribution is -2.56. The van der Waals surface area contributed by atoms with Crippen LogP contribution in [0.15, 0.2) is 47.4 Å². The minimum Gasteiger partial charge on any atom is -0.358 e. The highest BCUT2D eigenvalue weighted by Crippen LogP contribution is 2.40. The zero-order valence-electron chi connectivity index (χ0n) is 17.9. The van der Waals surface area contributed by atoms with Gasteiger partial charge in [0.1, 0.15) is 18.4 Å². The molecule has 1 N–H and O–H groups in total. The van der Waals surface area contributed by atoms with Gasteiger partial charge in [-0.05, 0) is 55.7 Å². The molecule has 1 fully saturated rings. The van der Waals surface area contributed by atoms with Gasteiger partial charge in [-0.2, -0.15) is 0 Å². The van der Waals surface area contributed by atoms with Gasteiger partial charge in [-0.15, -0.1) is 0 Å². The summed E-state index contributed by atoms with van der Waals surface area (Å²) in [5, 5.41) is 2.60. The molecule has 2 aliphatic rings. The summed E-state index contributed by atoms with van der Waals surface area (Å²) in [6, 6.07) is 9.77. The largest absolute Gasteiger partial charge is 0.358 e. The highest BCUT2D eigenvalue weighted by molar-refractivity contribution is 7.89. The molecule has 2 aromatic carbocycles. The first-order chi connectivity index (χ1) is 15.2. The summed E-state index contributed by atoms with van der Waals surface area (Å²) in [6.07, 6.45) is 2.50. The summed E-state index contributed by atoms with van der Waals surface area (Å²) in [4.78, 5) is 29.4. The van der Waals surface area contributed by atoms with E-state index in [-0.39, 0.29) is 23.0 Å². The Morgan fingerprint density at radius 3 is 2.66 bits per heavy atom. The number of hydrogen-bond acceptors (Lipinski definition) is 5. The lowest BCUT2D eigenvalue weighted by atomic mass is 9.96. The number of piperidine rings is 1. The number of rotatable bonds is 5. The first-order valence-electron chi connectivity index (χ1n) is 10.4. The molecule has 0 radical (unpaired) electrons. The Labute approximate surface area is 186 Å². The maximum absolute atomic E-state index is 13.5. The van der Waals surface area contributed by atoms with Crippen molar-refractivity contribution >= 4 is 38.9 Å². The second kappa shape index (κ2) is 8.51. The predicted molar refractivity (Wildman–Crippen MR) is 120 cm³/mol. The predicted octanol–water partition coefficient (Wildman–Crippen LogP) is 2.42. The molecule has 1 saturated heterocycles. The molecular formula is C22H25FN4O4S. The fourth-order valence-corrected chi connectivity index (χ4v) is 5.10. The lowest BCUT2D eigenvalue weighted by molar-refractivity contribution is -0.123. The molecule has 2 heterocycles. The fourth-order valence-electron chi connectivity index (χ4n) is 4.18. The standard InChI is InChI=1S/C22H25FN4O4S/c1-25(2)32(30,31)17-9-10-18-20(13-17)27(22(29)19-8-3-4-11-26(18)19)14-21(28)24-16-7-5-6-15(23)12-16/h5-7,9-10,12-13,19H,3-4,8,11,14H2,1-2H3,(H,24,28)/t19-/m1/s1. The third-order valence-corrected chi connectivity index (χ3v) is 7.60. The number of halogens is 1. The number of carbonyl (C=O) groups excluding carboxylic acids is 2. The van der Waals surface area contributed by atoms with Gasteiger partial charge in [0.25, 0.3) is 0 Å². The molecule has 0 aliphatic carbocycles. The second-order valence-electron chi connectivity index (χ2n) is 8.13. The minimum absolute atomic E-state index is 0.0417. The van der Waals surface area contributed by atoms with E-state index >= 15 is 0 Å². The Hall–Kier alpha value is -2.98. The summed E-state index contributed by atoms with van der Waals surface area (Å²) < 4.78 is 39.9. The number of hydrogen-bond donors (Lipinski definition) is 1. The summed E-state index contributed by atoms with van der Waals surface area (Å²) in [7, 11) is -0.857. The maximum Gasteiger partial charge on any atom is 0.250 e. The Morgan fingerprint density at radius 1 is 1.16 bits per heavy atom. The highest BCUT2D eigenvalue weighted by Gasteiger charge is 2.40. The number of amides is 2. The molecule has 2 aromatic rings. The molecule has 32 heavy (non-hydrogen) atoms. The van der Waals surface area contributed by atoms with Crippen molar-refractivity contribution in [1.82, 2.24) is 4.31 Å². The molecular weight excluding hydrogens is 435 g/mol. The lowest BCUT2D eigenvalue weighted by Gasteiger charge is -2.45. The highest BCUT2D eigenvalue weighted by atomic mass is 32.2. The van der Waals surface area contributed by atoms with Crippen LogP contribution in [0.5, 0.6) is 0 Å². The number of fused-ring (bicyclic) bond motifs is 3. The van der Waals surface area contributed by atoms with Gasteiger partial charge in [-0.1, -0.05) is 6.07 Å². The van der Waals surface area contributed by atoms with E-state index in [9.17, 15) is 22.4 Å². The Kier molecular flexibility index (Phi) is 5.91. The van der Waals surface area contributed by atoms with E-state index in [0.29, 0.717) is 18.7 Å². The van der Waals surface area contributed by atoms with Gasteiger partial charge in [0.2, 0.25) is 21.8 Å². The third kappa shape index (κ3) is 4.07. The number of nitrogens with one attached hydrogen (secondary N) is 1. The molecule has 170 valence electrons. The monoisotopic (exact) mass is 460 g/mol. The third-order valence-electron chi connectivity index (χ3n) is 5.79. The molecule has 0 bridgehead atoms. The molecule has 2 aliphatic heterocycles. The summed E-state index contributed by atoms with van der Waals surface area (Å²) >= 11 is 0. The average molecular weight is 461 g/mol. The van der Waals surface area contributed by atoms with Crippen molar-refractivity contribution < 1.29 is 22.4 Å². The van der Waals surface area contributed by atoms with Crippen molar-refractivity contribution in [1.29, 1.82) is 0 Å². The van der Waals surface area contributed by atoms with Crippen molar-refractivity contribution in [3.05, 3.63) is 48.3 Å². The number of nitrogens with zero attached hydrogens (tertiary/aromatic N) is 3. The SMILES string of the molecule is CN(C)S(=O)(=O)c1ccc2c(c1)N(CC(=O)Nc1cccc(F)c1)C(=O)[C@H]1CCCCN21. The maximum atomic E-state index is 13.5. The molecule has 2 amide bonds. The van der Waals surface area contributed by atoms with Crippen molar-refractivity contribution in [3.63, 3.8) is 0 Å². The van der Waals surface area contributed by atoms with Gasteiger partial charge >= 0.3 is 0 Å². The van der Waals surface area contributed by atoms with Crippen molar-refractivity contribution in [2.45, 2.75) is 30.2 Å². The topological polar surface area (TPSA) is 90.0 Å². The summed E-state index contributed by atoms with van der Waals surface area (Å²) in [6.45, 7) is 0.380. The normalized spacial score (nSPS) is 18.4. The van der Waals surface area contributed by atoms with Crippen LogP contribution < -0.4 is 15.1 Å². The molecule has 1 atom stereocenters. The van der Waals surface area contributed by atoms with E-state index in [1.54, 1.807) is 12.1 Å². The smallest absolute Gasteiger partial charge is 0.250 e. The summed E-state index contributed by atoms with van der Waals surface area (Å²) in [5.41, 5.74) is 1.39. The Morgan fingerprint density at radius 2 is 1.94 bits per heavy atom. The first kappa shape index (κ1) is 22.2. The van der Waals surface area contributed by atoms with E-state index < -0.39 is 27.8 Å². The van der Waals surface area contributed by atoms with E-state index in [4.69, 9.17) is 0 Å². The summed E-state index contributed by atoms with van der Waals surface area (Å²) in [5.74, 6) is -1.23. The Balaban J connectivity index is 1.71. The van der Waals surface area contributed by atoms with Crippen molar-refractivity contribution in [2.24, 2.45) is 0 Å². The Bertz CT molecular complexity index is 1170. The number of benzene rings is 2. The second-order valence-corrected chi connectivity index (χ2v) is 10.3. The van der Waals surface area contributed by atoms with Crippen molar-refractivity contribution in [2.75, 3.05) is 42.3 Å².